The molecule has 2 aromatic carbocycles. The summed E-state index contributed by atoms with van der Waals surface area (Å²) in [6.07, 6.45) is 0.768. The lowest BCUT2D eigenvalue weighted by Gasteiger charge is -2.28. The number of nitrogens with zero attached hydrogens (tertiary/aromatic N) is 1. The van der Waals surface area contributed by atoms with Crippen molar-refractivity contribution in [3.05, 3.63) is 54.3 Å². The van der Waals surface area contributed by atoms with Crippen LogP contribution in [0.1, 0.15) is 12.8 Å². The van der Waals surface area contributed by atoms with Crippen molar-refractivity contribution in [3.8, 4) is 5.75 Å². The van der Waals surface area contributed by atoms with Crippen LogP contribution in [0.4, 0.5) is 15.8 Å². The third-order valence-corrected chi connectivity index (χ3v) is 4.20. The molecule has 0 spiro atoms. The first kappa shape index (κ1) is 18.7. The summed E-state index contributed by atoms with van der Waals surface area (Å²) in [7, 11) is 0. The Labute approximate surface area is 157 Å². The van der Waals surface area contributed by atoms with E-state index in [2.05, 4.69) is 10.6 Å². The Morgan fingerprint density at radius 3 is 2.70 bits per heavy atom. The van der Waals surface area contributed by atoms with Gasteiger partial charge in [0, 0.05) is 30.9 Å². The average molecular weight is 371 g/mol. The predicted molar refractivity (Wildman–Crippen MR) is 101 cm³/mol. The standard InChI is InChI=1S/C20H22FN3O3/c21-17-4-1-2-5-18(17)27-13-3-6-19(25)23-15-7-9-16(10-8-15)24-12-11-22-20(26)14-24/h1-2,4-5,7-10H,3,6,11-14H2,(H,22,26)(H,23,25). The van der Waals surface area contributed by atoms with E-state index in [4.69, 9.17) is 4.74 Å². The van der Waals surface area contributed by atoms with E-state index in [1.54, 1.807) is 18.2 Å². The number of ether oxygens (including phenoxy) is 1. The second kappa shape index (κ2) is 9.02. The number of carbonyl (C=O) groups excluding carboxylic acids is 2. The number of halogens is 1. The molecule has 3 rings (SSSR count). The molecule has 1 aliphatic rings. The molecular weight excluding hydrogens is 349 g/mol. The Hall–Kier alpha value is -3.09. The van der Waals surface area contributed by atoms with E-state index in [0.717, 1.165) is 12.2 Å². The number of anilines is 2. The van der Waals surface area contributed by atoms with Crippen molar-refractivity contribution in [2.45, 2.75) is 12.8 Å². The smallest absolute Gasteiger partial charge is 0.239 e. The van der Waals surface area contributed by atoms with Gasteiger partial charge in [-0.15, -0.1) is 0 Å². The Balaban J connectivity index is 1.41. The molecule has 0 bridgehead atoms. The molecule has 0 aliphatic carbocycles. The van der Waals surface area contributed by atoms with Crippen molar-refractivity contribution in [2.75, 3.05) is 36.5 Å². The predicted octanol–water partition coefficient (Wildman–Crippen LogP) is 2.56. The maximum atomic E-state index is 13.4. The number of amides is 2. The lowest BCUT2D eigenvalue weighted by atomic mass is 10.2. The molecule has 1 heterocycles. The molecule has 0 atom stereocenters. The van der Waals surface area contributed by atoms with Crippen LogP contribution in [0.3, 0.4) is 0 Å². The number of carbonyl (C=O) groups is 2. The first-order valence-electron chi connectivity index (χ1n) is 8.91. The van der Waals surface area contributed by atoms with E-state index in [-0.39, 0.29) is 30.6 Å². The molecule has 0 saturated carbocycles. The largest absolute Gasteiger partial charge is 0.491 e. The first-order valence-corrected chi connectivity index (χ1v) is 8.91. The number of hydrogen-bond donors (Lipinski definition) is 2. The van der Waals surface area contributed by atoms with E-state index in [0.29, 0.717) is 25.2 Å². The van der Waals surface area contributed by atoms with Gasteiger partial charge >= 0.3 is 0 Å². The number of para-hydroxylation sites is 1. The van der Waals surface area contributed by atoms with Gasteiger partial charge in [0.1, 0.15) is 0 Å². The van der Waals surface area contributed by atoms with Crippen LogP contribution < -0.4 is 20.3 Å². The number of piperazine rings is 1. The minimum Gasteiger partial charge on any atom is -0.491 e. The summed E-state index contributed by atoms with van der Waals surface area (Å²) >= 11 is 0. The van der Waals surface area contributed by atoms with Crippen LogP contribution in [-0.4, -0.2) is 38.1 Å². The SMILES string of the molecule is O=C1CN(c2ccc(NC(=O)CCCOc3ccccc3F)cc2)CCN1. The zero-order chi connectivity index (χ0) is 19.1. The highest BCUT2D eigenvalue weighted by molar-refractivity contribution is 5.91. The number of benzene rings is 2. The van der Waals surface area contributed by atoms with Crippen molar-refractivity contribution in [2.24, 2.45) is 0 Å². The van der Waals surface area contributed by atoms with Crippen molar-refractivity contribution >= 4 is 23.2 Å². The monoisotopic (exact) mass is 371 g/mol. The van der Waals surface area contributed by atoms with Crippen LogP contribution in [-0.2, 0) is 9.59 Å². The molecule has 7 heteroatoms. The minimum atomic E-state index is -0.409. The highest BCUT2D eigenvalue weighted by atomic mass is 19.1. The summed E-state index contributed by atoms with van der Waals surface area (Å²) in [5.41, 5.74) is 1.64. The van der Waals surface area contributed by atoms with Crippen LogP contribution in [0.25, 0.3) is 0 Å². The molecule has 6 nitrogen and oxygen atoms in total. The zero-order valence-electron chi connectivity index (χ0n) is 14.9. The molecule has 1 aliphatic heterocycles. The second-order valence-corrected chi connectivity index (χ2v) is 6.25. The fourth-order valence-electron chi connectivity index (χ4n) is 2.81. The van der Waals surface area contributed by atoms with Gasteiger partial charge in [-0.05, 0) is 42.8 Å². The molecule has 1 fully saturated rings. The molecule has 2 N–H and O–H groups in total. The summed E-state index contributed by atoms with van der Waals surface area (Å²) < 4.78 is 18.8. The van der Waals surface area contributed by atoms with Crippen LogP contribution in [0.5, 0.6) is 5.75 Å². The normalized spacial score (nSPS) is 13.8. The fraction of sp³-hybridized carbons (Fsp3) is 0.300. The highest BCUT2D eigenvalue weighted by Gasteiger charge is 2.16. The Bertz CT molecular complexity index is 795. The van der Waals surface area contributed by atoms with E-state index < -0.39 is 5.82 Å². The van der Waals surface area contributed by atoms with Crippen LogP contribution >= 0.6 is 0 Å². The summed E-state index contributed by atoms with van der Waals surface area (Å²) in [5, 5.41) is 5.61. The first-order chi connectivity index (χ1) is 13.1. The van der Waals surface area contributed by atoms with Gasteiger partial charge < -0.3 is 20.3 Å². The van der Waals surface area contributed by atoms with Gasteiger partial charge in [-0.1, -0.05) is 12.1 Å². The van der Waals surface area contributed by atoms with Crippen LogP contribution in [0.2, 0.25) is 0 Å². The van der Waals surface area contributed by atoms with E-state index in [1.807, 2.05) is 29.2 Å². The zero-order valence-corrected chi connectivity index (χ0v) is 14.9. The topological polar surface area (TPSA) is 70.7 Å². The molecule has 142 valence electrons. The van der Waals surface area contributed by atoms with E-state index in [1.165, 1.54) is 6.07 Å². The second-order valence-electron chi connectivity index (χ2n) is 6.25. The molecule has 2 aromatic rings. The molecule has 2 amide bonds. The maximum Gasteiger partial charge on any atom is 0.239 e. The molecule has 1 saturated heterocycles. The third-order valence-electron chi connectivity index (χ3n) is 4.20. The van der Waals surface area contributed by atoms with Gasteiger partial charge in [-0.25, -0.2) is 4.39 Å². The van der Waals surface area contributed by atoms with E-state index in [9.17, 15) is 14.0 Å². The van der Waals surface area contributed by atoms with Crippen molar-refractivity contribution in [1.82, 2.24) is 5.32 Å². The summed E-state index contributed by atoms with van der Waals surface area (Å²) in [6.45, 7) is 2.00. The average Bonchev–Trinajstić information content (AvgIpc) is 2.67. The van der Waals surface area contributed by atoms with Crippen LogP contribution in [0.15, 0.2) is 48.5 Å². The molecule has 0 radical (unpaired) electrons. The summed E-state index contributed by atoms with van der Waals surface area (Å²) in [6, 6.07) is 13.6. The van der Waals surface area contributed by atoms with Gasteiger partial charge in [0.05, 0.1) is 13.2 Å². The number of hydrogen-bond acceptors (Lipinski definition) is 4. The highest BCUT2D eigenvalue weighted by Crippen LogP contribution is 2.19. The third kappa shape index (κ3) is 5.44. The van der Waals surface area contributed by atoms with Gasteiger partial charge in [-0.3, -0.25) is 9.59 Å². The quantitative estimate of drug-likeness (QED) is 0.734. The van der Waals surface area contributed by atoms with Crippen molar-refractivity contribution in [1.29, 1.82) is 0 Å². The van der Waals surface area contributed by atoms with E-state index >= 15 is 0 Å². The molecular formula is C20H22FN3O3. The maximum absolute atomic E-state index is 13.4. The lowest BCUT2D eigenvalue weighted by molar-refractivity contribution is -0.120. The Kier molecular flexibility index (Phi) is 6.25. The lowest BCUT2D eigenvalue weighted by Crippen LogP contribution is -2.47. The number of nitrogens with one attached hydrogen (secondary N) is 2. The van der Waals surface area contributed by atoms with Gasteiger partial charge in [0.15, 0.2) is 11.6 Å². The summed E-state index contributed by atoms with van der Waals surface area (Å²) in [4.78, 5) is 25.5. The Morgan fingerprint density at radius 1 is 1.19 bits per heavy atom. The van der Waals surface area contributed by atoms with Gasteiger partial charge in [0.2, 0.25) is 11.8 Å². The molecule has 0 unspecified atom stereocenters. The molecule has 27 heavy (non-hydrogen) atoms. The molecule has 0 aromatic heterocycles. The number of rotatable bonds is 7. The van der Waals surface area contributed by atoms with Crippen molar-refractivity contribution < 1.29 is 18.7 Å². The van der Waals surface area contributed by atoms with Gasteiger partial charge in [0.25, 0.3) is 0 Å². The Morgan fingerprint density at radius 2 is 1.96 bits per heavy atom. The van der Waals surface area contributed by atoms with Crippen molar-refractivity contribution in [3.63, 3.8) is 0 Å². The van der Waals surface area contributed by atoms with Crippen LogP contribution in [0, 0.1) is 5.82 Å². The minimum absolute atomic E-state index is 0.0104. The fourth-order valence-corrected chi connectivity index (χ4v) is 2.81. The summed E-state index contributed by atoms with van der Waals surface area (Å²) in [5.74, 6) is -0.332. The van der Waals surface area contributed by atoms with Gasteiger partial charge in [-0.2, -0.15) is 0 Å².